The van der Waals surface area contributed by atoms with Crippen molar-refractivity contribution >= 4 is 17.5 Å². The van der Waals surface area contributed by atoms with Crippen molar-refractivity contribution in [3.05, 3.63) is 59.7 Å². The molecule has 0 bridgehead atoms. The molecule has 0 saturated heterocycles. The maximum absolute atomic E-state index is 12.5. The van der Waals surface area contributed by atoms with Gasteiger partial charge in [-0.1, -0.05) is 36.4 Å². The summed E-state index contributed by atoms with van der Waals surface area (Å²) in [4.78, 5) is 26.6. The van der Waals surface area contributed by atoms with E-state index in [-0.39, 0.29) is 24.3 Å². The van der Waals surface area contributed by atoms with Crippen molar-refractivity contribution in [3.8, 4) is 5.75 Å². The van der Waals surface area contributed by atoms with Crippen molar-refractivity contribution in [2.24, 2.45) is 5.92 Å². The van der Waals surface area contributed by atoms with Gasteiger partial charge in [0.1, 0.15) is 12.4 Å². The number of anilines is 1. The molecule has 2 aliphatic rings. The summed E-state index contributed by atoms with van der Waals surface area (Å²) in [6.45, 7) is 1.04. The molecule has 1 atom stereocenters. The first-order valence-corrected chi connectivity index (χ1v) is 8.59. The highest BCUT2D eigenvalue weighted by molar-refractivity contribution is 5.98. The first kappa shape index (κ1) is 15.7. The predicted molar refractivity (Wildman–Crippen MR) is 94.6 cm³/mol. The fraction of sp³-hybridized carbons (Fsp3) is 0.300. The summed E-state index contributed by atoms with van der Waals surface area (Å²) >= 11 is 0. The van der Waals surface area contributed by atoms with Gasteiger partial charge in [-0.3, -0.25) is 9.59 Å². The van der Waals surface area contributed by atoms with Gasteiger partial charge < -0.3 is 15.0 Å². The van der Waals surface area contributed by atoms with Crippen LogP contribution in [-0.4, -0.2) is 31.5 Å². The van der Waals surface area contributed by atoms with Crippen LogP contribution in [0.15, 0.2) is 48.5 Å². The minimum absolute atomic E-state index is 0.0192. The Morgan fingerprint density at radius 2 is 1.84 bits per heavy atom. The van der Waals surface area contributed by atoms with Gasteiger partial charge in [0.15, 0.2) is 0 Å². The Bertz CT molecular complexity index is 818. The quantitative estimate of drug-likeness (QED) is 0.932. The van der Waals surface area contributed by atoms with Gasteiger partial charge in [-0.15, -0.1) is 0 Å². The van der Waals surface area contributed by atoms with Crippen LogP contribution in [0, 0.1) is 5.92 Å². The highest BCUT2D eigenvalue weighted by Gasteiger charge is 2.28. The number of hydrogen-bond acceptors (Lipinski definition) is 3. The van der Waals surface area contributed by atoms with E-state index in [9.17, 15) is 9.59 Å². The zero-order valence-corrected chi connectivity index (χ0v) is 13.9. The van der Waals surface area contributed by atoms with E-state index < -0.39 is 0 Å². The molecule has 0 aromatic heterocycles. The van der Waals surface area contributed by atoms with E-state index >= 15 is 0 Å². The van der Waals surface area contributed by atoms with E-state index in [0.717, 1.165) is 23.4 Å². The molecule has 0 aliphatic carbocycles. The van der Waals surface area contributed by atoms with Crippen LogP contribution < -0.4 is 15.0 Å². The Morgan fingerprint density at radius 3 is 2.72 bits per heavy atom. The minimum atomic E-state index is -0.256. The first-order valence-electron chi connectivity index (χ1n) is 8.59. The lowest BCUT2D eigenvalue weighted by atomic mass is 9.96. The van der Waals surface area contributed by atoms with Crippen LogP contribution >= 0.6 is 0 Å². The third-order valence-electron chi connectivity index (χ3n) is 4.85. The molecule has 2 aliphatic heterocycles. The van der Waals surface area contributed by atoms with Crippen molar-refractivity contribution in [1.82, 2.24) is 5.32 Å². The fourth-order valence-electron chi connectivity index (χ4n) is 3.50. The molecule has 1 N–H and O–H groups in total. The molecule has 0 fully saturated rings. The molecule has 0 spiro atoms. The Labute approximate surface area is 146 Å². The molecule has 2 heterocycles. The average Bonchev–Trinajstić information content (AvgIpc) is 3.09. The Morgan fingerprint density at radius 1 is 1.08 bits per heavy atom. The molecular weight excluding hydrogens is 316 g/mol. The molecule has 0 radical (unpaired) electrons. The summed E-state index contributed by atoms with van der Waals surface area (Å²) in [7, 11) is 0. The highest BCUT2D eigenvalue weighted by Crippen LogP contribution is 2.28. The number of carbonyl (C=O) groups is 2. The van der Waals surface area contributed by atoms with Gasteiger partial charge in [0.2, 0.25) is 11.8 Å². The molecular formula is C20H20N2O3. The summed E-state index contributed by atoms with van der Waals surface area (Å²) in [6, 6.07) is 15.7. The van der Waals surface area contributed by atoms with E-state index in [1.807, 2.05) is 48.5 Å². The van der Waals surface area contributed by atoms with E-state index in [4.69, 9.17) is 4.74 Å². The van der Waals surface area contributed by atoms with Crippen LogP contribution in [0.1, 0.15) is 11.1 Å². The molecule has 128 valence electrons. The molecule has 2 amide bonds. The van der Waals surface area contributed by atoms with Gasteiger partial charge in [-0.05, 0) is 36.1 Å². The summed E-state index contributed by atoms with van der Waals surface area (Å²) in [6.07, 6.45) is 1.51. The first-order chi connectivity index (χ1) is 12.2. The number of rotatable bonds is 3. The summed E-state index contributed by atoms with van der Waals surface area (Å²) in [5.74, 6) is 0.385. The zero-order chi connectivity index (χ0) is 17.2. The second-order valence-electron chi connectivity index (χ2n) is 6.46. The largest absolute Gasteiger partial charge is 0.492 e. The summed E-state index contributed by atoms with van der Waals surface area (Å²) < 4.78 is 5.65. The normalized spacial score (nSPS) is 18.1. The smallest absolute Gasteiger partial charge is 0.246 e. The summed E-state index contributed by atoms with van der Waals surface area (Å²) in [5.41, 5.74) is 3.17. The van der Waals surface area contributed by atoms with Gasteiger partial charge in [0, 0.05) is 12.2 Å². The number of benzene rings is 2. The maximum atomic E-state index is 12.5. The molecule has 0 saturated carbocycles. The van der Waals surface area contributed by atoms with Gasteiger partial charge in [-0.2, -0.15) is 0 Å². The zero-order valence-electron chi connectivity index (χ0n) is 13.9. The monoisotopic (exact) mass is 336 g/mol. The molecule has 4 rings (SSSR count). The molecule has 2 aromatic rings. The standard InChI is InChI=1S/C20H20N2O3/c23-19(22-10-9-14-5-1-3-7-17(14)22)12-21-20(24)16-11-15-6-2-4-8-18(15)25-13-16/h1-8,16H,9-13H2,(H,21,24)/t16-/m0/s1. The molecule has 2 aromatic carbocycles. The minimum Gasteiger partial charge on any atom is -0.492 e. The van der Waals surface area contributed by atoms with Crippen molar-refractivity contribution in [2.75, 3.05) is 24.6 Å². The number of fused-ring (bicyclic) bond motifs is 2. The highest BCUT2D eigenvalue weighted by atomic mass is 16.5. The lowest BCUT2D eigenvalue weighted by Gasteiger charge is -2.25. The number of hydrogen-bond donors (Lipinski definition) is 1. The molecule has 5 nitrogen and oxygen atoms in total. The lowest BCUT2D eigenvalue weighted by molar-refractivity contribution is -0.128. The maximum Gasteiger partial charge on any atom is 0.246 e. The Balaban J connectivity index is 1.35. The number of nitrogens with one attached hydrogen (secondary N) is 1. The van der Waals surface area contributed by atoms with Crippen molar-refractivity contribution in [2.45, 2.75) is 12.8 Å². The van der Waals surface area contributed by atoms with Crippen LogP contribution in [0.3, 0.4) is 0 Å². The van der Waals surface area contributed by atoms with Gasteiger partial charge >= 0.3 is 0 Å². The van der Waals surface area contributed by atoms with Gasteiger partial charge in [-0.25, -0.2) is 0 Å². The van der Waals surface area contributed by atoms with E-state index in [1.165, 1.54) is 5.56 Å². The van der Waals surface area contributed by atoms with E-state index in [0.29, 0.717) is 19.6 Å². The second-order valence-corrected chi connectivity index (χ2v) is 6.46. The number of amides is 2. The van der Waals surface area contributed by atoms with E-state index in [1.54, 1.807) is 4.90 Å². The van der Waals surface area contributed by atoms with Crippen LogP contribution in [0.5, 0.6) is 5.75 Å². The average molecular weight is 336 g/mol. The van der Waals surface area contributed by atoms with Crippen molar-refractivity contribution in [3.63, 3.8) is 0 Å². The lowest BCUT2D eigenvalue weighted by Crippen LogP contribution is -2.43. The third-order valence-corrected chi connectivity index (χ3v) is 4.85. The van der Waals surface area contributed by atoms with Crippen LogP contribution in [-0.2, 0) is 22.4 Å². The second kappa shape index (κ2) is 6.59. The van der Waals surface area contributed by atoms with Gasteiger partial charge in [0.25, 0.3) is 0 Å². The predicted octanol–water partition coefficient (Wildman–Crippen LogP) is 1.94. The van der Waals surface area contributed by atoms with Crippen LogP contribution in [0.25, 0.3) is 0 Å². The third kappa shape index (κ3) is 3.09. The van der Waals surface area contributed by atoms with Crippen molar-refractivity contribution < 1.29 is 14.3 Å². The molecule has 0 unspecified atom stereocenters. The Hall–Kier alpha value is -2.82. The number of nitrogens with zero attached hydrogens (tertiary/aromatic N) is 1. The summed E-state index contributed by atoms with van der Waals surface area (Å²) in [5, 5.41) is 2.78. The molecule has 25 heavy (non-hydrogen) atoms. The van der Waals surface area contributed by atoms with Crippen LogP contribution in [0.2, 0.25) is 0 Å². The molecule has 5 heteroatoms. The SMILES string of the molecule is O=C(NCC(=O)N1CCc2ccccc21)[C@@H]1COc2ccccc2C1. The Kier molecular flexibility index (Phi) is 4.14. The van der Waals surface area contributed by atoms with Crippen LogP contribution in [0.4, 0.5) is 5.69 Å². The number of carbonyl (C=O) groups excluding carboxylic acids is 2. The fourth-order valence-corrected chi connectivity index (χ4v) is 3.50. The van der Waals surface area contributed by atoms with E-state index in [2.05, 4.69) is 5.32 Å². The number of para-hydroxylation sites is 2. The van der Waals surface area contributed by atoms with Gasteiger partial charge in [0.05, 0.1) is 12.5 Å². The topological polar surface area (TPSA) is 58.6 Å². The van der Waals surface area contributed by atoms with Crippen molar-refractivity contribution in [1.29, 1.82) is 0 Å². The number of ether oxygens (including phenoxy) is 1.